The van der Waals surface area contributed by atoms with Crippen LogP contribution >= 0.6 is 0 Å². The van der Waals surface area contributed by atoms with Gasteiger partial charge in [-0.15, -0.1) is 0 Å². The number of anilines is 1. The molecule has 2 heterocycles. The second-order valence-corrected chi connectivity index (χ2v) is 8.68. The average Bonchev–Trinajstić information content (AvgIpc) is 3.31. The number of nitro benzene ring substituents is 1. The Hall–Kier alpha value is -2.93. The van der Waals surface area contributed by atoms with E-state index in [1.807, 2.05) is 11.0 Å². The number of hydrogen-bond donors (Lipinski definition) is 2. The van der Waals surface area contributed by atoms with Gasteiger partial charge in [0, 0.05) is 50.0 Å². The van der Waals surface area contributed by atoms with Gasteiger partial charge in [0.05, 0.1) is 18.0 Å². The first-order valence-corrected chi connectivity index (χ1v) is 11.3. The molecule has 0 saturated carbocycles. The van der Waals surface area contributed by atoms with Crippen molar-refractivity contribution in [3.63, 3.8) is 0 Å². The van der Waals surface area contributed by atoms with Crippen LogP contribution in [-0.4, -0.2) is 37.0 Å². The summed E-state index contributed by atoms with van der Waals surface area (Å²) in [6.07, 6.45) is 4.08. The van der Waals surface area contributed by atoms with Crippen molar-refractivity contribution in [1.29, 1.82) is 0 Å². The Labute approximate surface area is 183 Å². The van der Waals surface area contributed by atoms with Gasteiger partial charge < -0.3 is 15.1 Å². The van der Waals surface area contributed by atoms with Crippen LogP contribution in [0.25, 0.3) is 0 Å². The molecular weight excluding hydrogens is 392 g/mol. The van der Waals surface area contributed by atoms with Crippen LogP contribution in [0.3, 0.4) is 0 Å². The van der Waals surface area contributed by atoms with Crippen LogP contribution in [0, 0.1) is 16.0 Å². The number of benzene rings is 2. The highest BCUT2D eigenvalue weighted by molar-refractivity contribution is 5.79. The fourth-order valence-corrected chi connectivity index (χ4v) is 4.72. The maximum atomic E-state index is 12.6. The maximum Gasteiger partial charge on any atom is 0.292 e. The van der Waals surface area contributed by atoms with Crippen LogP contribution < -0.4 is 15.1 Å². The number of piperidine rings is 1. The Kier molecular flexibility index (Phi) is 6.82. The number of hydrogen-bond acceptors (Lipinski definition) is 4. The molecule has 2 fully saturated rings. The van der Waals surface area contributed by atoms with Crippen molar-refractivity contribution in [2.45, 2.75) is 38.8 Å². The summed E-state index contributed by atoms with van der Waals surface area (Å²) >= 11 is 0. The third-order valence-electron chi connectivity index (χ3n) is 6.54. The highest BCUT2D eigenvalue weighted by Gasteiger charge is 2.28. The molecule has 0 atom stereocenters. The third kappa shape index (κ3) is 5.41. The van der Waals surface area contributed by atoms with E-state index in [2.05, 4.69) is 29.6 Å². The topological polar surface area (TPSA) is 79.9 Å². The summed E-state index contributed by atoms with van der Waals surface area (Å²) in [6, 6.07) is 15.4. The number of carbonyl (C=O) groups is 1. The molecule has 4 rings (SSSR count). The molecule has 0 radical (unpaired) electrons. The lowest BCUT2D eigenvalue weighted by Gasteiger charge is -2.32. The van der Waals surface area contributed by atoms with Crippen LogP contribution in [-0.2, 0) is 17.9 Å². The van der Waals surface area contributed by atoms with E-state index in [4.69, 9.17) is 0 Å². The molecule has 7 nitrogen and oxygen atoms in total. The Morgan fingerprint density at radius 2 is 1.68 bits per heavy atom. The summed E-state index contributed by atoms with van der Waals surface area (Å²) < 4.78 is 0. The summed E-state index contributed by atoms with van der Waals surface area (Å²) in [5.41, 5.74) is 3.24. The minimum atomic E-state index is -0.341. The second kappa shape index (κ2) is 9.92. The maximum absolute atomic E-state index is 12.6. The van der Waals surface area contributed by atoms with Crippen LogP contribution in [0.15, 0.2) is 48.5 Å². The predicted molar refractivity (Wildman–Crippen MR) is 120 cm³/mol. The standard InChI is InChI=1S/C24H30N4O3/c29-24(25-17-19-7-9-20(10-8-19)18-26-13-3-4-14-26)21-11-15-27(16-12-21)22-5-1-2-6-23(22)28(30)31/h1-2,5-10,21H,3-4,11-18H2,(H,25,29)/p+1. The number of quaternary nitrogens is 1. The van der Waals surface area contributed by atoms with Crippen molar-refractivity contribution in [1.82, 2.24) is 5.32 Å². The van der Waals surface area contributed by atoms with Gasteiger partial charge in [-0.25, -0.2) is 0 Å². The van der Waals surface area contributed by atoms with Gasteiger partial charge in [-0.2, -0.15) is 0 Å². The molecule has 31 heavy (non-hydrogen) atoms. The number of rotatable bonds is 7. The number of amides is 1. The Morgan fingerprint density at radius 3 is 2.35 bits per heavy atom. The van der Waals surface area contributed by atoms with E-state index in [1.165, 1.54) is 37.6 Å². The molecule has 2 aliphatic rings. The van der Waals surface area contributed by atoms with Crippen molar-refractivity contribution in [2.24, 2.45) is 5.92 Å². The molecule has 0 aromatic heterocycles. The van der Waals surface area contributed by atoms with Crippen LogP contribution in [0.5, 0.6) is 0 Å². The molecule has 2 aliphatic heterocycles. The largest absolute Gasteiger partial charge is 0.366 e. The van der Waals surface area contributed by atoms with E-state index in [9.17, 15) is 14.9 Å². The lowest BCUT2D eigenvalue weighted by Crippen LogP contribution is -3.08. The van der Waals surface area contributed by atoms with Gasteiger partial charge in [0.25, 0.3) is 5.69 Å². The Bertz CT molecular complexity index is 901. The van der Waals surface area contributed by atoms with Crippen molar-refractivity contribution in [2.75, 3.05) is 31.1 Å². The van der Waals surface area contributed by atoms with Gasteiger partial charge in [-0.05, 0) is 24.5 Å². The van der Waals surface area contributed by atoms with Crippen LogP contribution in [0.4, 0.5) is 11.4 Å². The Morgan fingerprint density at radius 1 is 1.03 bits per heavy atom. The first-order chi connectivity index (χ1) is 15.1. The van der Waals surface area contributed by atoms with Crippen LogP contribution in [0.1, 0.15) is 36.8 Å². The minimum absolute atomic E-state index is 0.0444. The van der Waals surface area contributed by atoms with E-state index < -0.39 is 0 Å². The van der Waals surface area contributed by atoms with Gasteiger partial charge in [0.1, 0.15) is 12.2 Å². The third-order valence-corrected chi connectivity index (χ3v) is 6.54. The molecule has 0 unspecified atom stereocenters. The molecule has 7 heteroatoms. The SMILES string of the molecule is O=C(NCc1ccc(C[NH+]2CCCC2)cc1)C1CCN(c2ccccc2[N+](=O)[O-])CC1. The van der Waals surface area contributed by atoms with Gasteiger partial charge in [-0.3, -0.25) is 14.9 Å². The summed E-state index contributed by atoms with van der Waals surface area (Å²) in [4.78, 5) is 27.3. The number of nitrogens with one attached hydrogen (secondary N) is 2. The summed E-state index contributed by atoms with van der Waals surface area (Å²) in [5, 5.41) is 14.4. The van der Waals surface area contributed by atoms with Crippen molar-refractivity contribution in [3.05, 3.63) is 69.8 Å². The molecule has 1 amide bonds. The second-order valence-electron chi connectivity index (χ2n) is 8.68. The fourth-order valence-electron chi connectivity index (χ4n) is 4.72. The van der Waals surface area contributed by atoms with Gasteiger partial charge in [-0.1, -0.05) is 36.4 Å². The number of nitrogens with zero attached hydrogens (tertiary/aromatic N) is 2. The quantitative estimate of drug-likeness (QED) is 0.529. The molecule has 0 bridgehead atoms. The van der Waals surface area contributed by atoms with E-state index in [-0.39, 0.29) is 22.4 Å². The molecule has 2 aromatic carbocycles. The number of carbonyl (C=O) groups excluding carboxylic acids is 1. The minimum Gasteiger partial charge on any atom is -0.366 e. The molecule has 2 aromatic rings. The van der Waals surface area contributed by atoms with Crippen molar-refractivity contribution < 1.29 is 14.6 Å². The molecule has 2 saturated heterocycles. The van der Waals surface area contributed by atoms with Gasteiger partial charge >= 0.3 is 0 Å². The molecule has 164 valence electrons. The van der Waals surface area contributed by atoms with Gasteiger partial charge in [0.15, 0.2) is 0 Å². The zero-order chi connectivity index (χ0) is 21.6. The molecule has 2 N–H and O–H groups in total. The van der Waals surface area contributed by atoms with Crippen LogP contribution in [0.2, 0.25) is 0 Å². The highest BCUT2D eigenvalue weighted by Crippen LogP contribution is 2.31. The number of para-hydroxylation sites is 2. The van der Waals surface area contributed by atoms with E-state index in [0.29, 0.717) is 38.2 Å². The monoisotopic (exact) mass is 423 g/mol. The number of nitro groups is 1. The zero-order valence-corrected chi connectivity index (χ0v) is 17.9. The Balaban J connectivity index is 1.24. The number of likely N-dealkylation sites (tertiary alicyclic amines) is 1. The zero-order valence-electron chi connectivity index (χ0n) is 17.9. The summed E-state index contributed by atoms with van der Waals surface area (Å²) in [6.45, 7) is 5.47. The average molecular weight is 424 g/mol. The summed E-state index contributed by atoms with van der Waals surface area (Å²) in [7, 11) is 0. The van der Waals surface area contributed by atoms with E-state index in [1.54, 1.807) is 17.0 Å². The van der Waals surface area contributed by atoms with Crippen molar-refractivity contribution >= 4 is 17.3 Å². The predicted octanol–water partition coefficient (Wildman–Crippen LogP) is 2.31. The molecular formula is C24H31N4O3+. The molecule has 0 aliphatic carbocycles. The lowest BCUT2D eigenvalue weighted by atomic mass is 9.95. The highest BCUT2D eigenvalue weighted by atomic mass is 16.6. The van der Waals surface area contributed by atoms with Gasteiger partial charge in [0.2, 0.25) is 5.91 Å². The fraction of sp³-hybridized carbons (Fsp3) is 0.458. The normalized spacial score (nSPS) is 17.6. The van der Waals surface area contributed by atoms with Crippen molar-refractivity contribution in [3.8, 4) is 0 Å². The molecule has 0 spiro atoms. The van der Waals surface area contributed by atoms with E-state index in [0.717, 1.165) is 12.1 Å². The smallest absolute Gasteiger partial charge is 0.292 e. The first kappa shape index (κ1) is 21.3. The van der Waals surface area contributed by atoms with E-state index >= 15 is 0 Å². The lowest BCUT2D eigenvalue weighted by molar-refractivity contribution is -0.901. The summed E-state index contributed by atoms with van der Waals surface area (Å²) in [5.74, 6) is 0.0323. The first-order valence-electron chi connectivity index (χ1n) is 11.3.